The van der Waals surface area contributed by atoms with Crippen LogP contribution >= 0.6 is 11.6 Å². The predicted molar refractivity (Wildman–Crippen MR) is 91.5 cm³/mol. The van der Waals surface area contributed by atoms with Gasteiger partial charge in [-0.15, -0.1) is 0 Å². The van der Waals surface area contributed by atoms with E-state index in [9.17, 15) is 22.8 Å². The molecule has 7 nitrogen and oxygen atoms in total. The van der Waals surface area contributed by atoms with Crippen LogP contribution < -0.4 is 10.1 Å². The van der Waals surface area contributed by atoms with Gasteiger partial charge in [-0.3, -0.25) is 14.3 Å². The molecule has 0 fully saturated rings. The van der Waals surface area contributed by atoms with Gasteiger partial charge in [0.1, 0.15) is 12.3 Å². The summed E-state index contributed by atoms with van der Waals surface area (Å²) in [6.45, 7) is -0.748. The second kappa shape index (κ2) is 8.30. The molecule has 0 atom stereocenters. The number of rotatable bonds is 6. The Kier molecular flexibility index (Phi) is 6.32. The van der Waals surface area contributed by atoms with Gasteiger partial charge in [0.05, 0.1) is 19.3 Å². The minimum absolute atomic E-state index is 0.318. The van der Waals surface area contributed by atoms with Gasteiger partial charge in [0.15, 0.2) is 5.69 Å². The first kappa shape index (κ1) is 20.6. The molecule has 0 unspecified atom stereocenters. The maximum atomic E-state index is 12.5. The number of carbonyl (C=O) groups excluding carboxylic acids is 2. The molecule has 0 spiro atoms. The van der Waals surface area contributed by atoms with Crippen LogP contribution in [0.1, 0.15) is 5.69 Å². The number of nitrogens with zero attached hydrogens (tertiary/aromatic N) is 3. The molecular weight excluding hydrogens is 389 g/mol. The van der Waals surface area contributed by atoms with Crippen LogP contribution in [0.3, 0.4) is 0 Å². The number of ether oxygens (including phenoxy) is 1. The zero-order valence-electron chi connectivity index (χ0n) is 14.4. The summed E-state index contributed by atoms with van der Waals surface area (Å²) in [5, 5.41) is 6.24. The standard InChI is InChI=1S/C16H16ClF3N4O3/c1-23(15(26)9-24-6-5-13(22-24)16(18,19)20)8-14(25)21-11-7-10(17)3-4-12(11)27-2/h3-7H,8-9H2,1-2H3,(H,21,25). The number of anilines is 1. The highest BCUT2D eigenvalue weighted by molar-refractivity contribution is 6.31. The van der Waals surface area contributed by atoms with Gasteiger partial charge in [0.2, 0.25) is 11.8 Å². The third-order valence-electron chi connectivity index (χ3n) is 3.47. The van der Waals surface area contributed by atoms with Crippen LogP contribution in [-0.2, 0) is 22.3 Å². The van der Waals surface area contributed by atoms with E-state index in [1.807, 2.05) is 0 Å². The molecule has 2 rings (SSSR count). The molecule has 146 valence electrons. The number of carbonyl (C=O) groups is 2. The van der Waals surface area contributed by atoms with Gasteiger partial charge in [0.25, 0.3) is 0 Å². The molecule has 2 aromatic rings. The van der Waals surface area contributed by atoms with Gasteiger partial charge < -0.3 is 15.0 Å². The number of hydrogen-bond acceptors (Lipinski definition) is 4. The molecule has 0 aliphatic rings. The Morgan fingerprint density at radius 3 is 2.63 bits per heavy atom. The molecule has 0 radical (unpaired) electrons. The molecule has 1 aromatic carbocycles. The summed E-state index contributed by atoms with van der Waals surface area (Å²) in [5.41, 5.74) is -0.763. The van der Waals surface area contributed by atoms with Gasteiger partial charge in [-0.1, -0.05) is 11.6 Å². The smallest absolute Gasteiger partial charge is 0.435 e. The number of likely N-dealkylation sites (N-methyl/N-ethyl adjacent to an activating group) is 1. The molecule has 0 aliphatic carbocycles. The average Bonchev–Trinajstić information content (AvgIpc) is 3.03. The summed E-state index contributed by atoms with van der Waals surface area (Å²) in [7, 11) is 2.78. The van der Waals surface area contributed by atoms with Crippen LogP contribution in [-0.4, -0.2) is 47.2 Å². The fourth-order valence-electron chi connectivity index (χ4n) is 2.13. The predicted octanol–water partition coefficient (Wildman–Crippen LogP) is 2.66. The number of methoxy groups -OCH3 is 1. The second-order valence-electron chi connectivity index (χ2n) is 5.54. The maximum absolute atomic E-state index is 12.5. The lowest BCUT2D eigenvalue weighted by Crippen LogP contribution is -2.37. The third kappa shape index (κ3) is 5.61. The van der Waals surface area contributed by atoms with Gasteiger partial charge in [0, 0.05) is 18.3 Å². The molecule has 11 heteroatoms. The zero-order valence-corrected chi connectivity index (χ0v) is 15.1. The Balaban J connectivity index is 1.95. The first-order valence-electron chi connectivity index (χ1n) is 7.58. The van der Waals surface area contributed by atoms with Crippen molar-refractivity contribution in [3.63, 3.8) is 0 Å². The van der Waals surface area contributed by atoms with Crippen LogP contribution in [0.15, 0.2) is 30.5 Å². The van der Waals surface area contributed by atoms with E-state index in [0.29, 0.717) is 16.5 Å². The number of benzene rings is 1. The molecule has 1 heterocycles. The summed E-state index contributed by atoms with van der Waals surface area (Å²) in [4.78, 5) is 25.3. The van der Waals surface area contributed by atoms with Crippen LogP contribution in [0.4, 0.5) is 18.9 Å². The number of alkyl halides is 3. The van der Waals surface area contributed by atoms with Crippen LogP contribution in [0, 0.1) is 0 Å². The van der Waals surface area contributed by atoms with Crippen LogP contribution in [0.5, 0.6) is 5.75 Å². The molecule has 0 saturated carbocycles. The zero-order chi connectivity index (χ0) is 20.2. The van der Waals surface area contributed by atoms with Crippen molar-refractivity contribution in [2.24, 2.45) is 0 Å². The van der Waals surface area contributed by atoms with Crippen molar-refractivity contribution in [1.82, 2.24) is 14.7 Å². The van der Waals surface area contributed by atoms with E-state index in [-0.39, 0.29) is 6.54 Å². The summed E-state index contributed by atoms with van der Waals surface area (Å²) in [6.07, 6.45) is -3.54. The molecule has 2 amide bonds. The number of aromatic nitrogens is 2. The Morgan fingerprint density at radius 2 is 2.04 bits per heavy atom. The second-order valence-corrected chi connectivity index (χ2v) is 5.98. The van der Waals surface area contributed by atoms with Crippen molar-refractivity contribution in [1.29, 1.82) is 0 Å². The lowest BCUT2D eigenvalue weighted by molar-refractivity contribution is -0.142. The Labute approximate surface area is 157 Å². The van der Waals surface area contributed by atoms with E-state index in [0.717, 1.165) is 21.8 Å². The Bertz CT molecular complexity index is 839. The minimum atomic E-state index is -4.59. The SMILES string of the molecule is COc1ccc(Cl)cc1NC(=O)CN(C)C(=O)Cn1ccc(C(F)(F)F)n1. The molecular formula is C16H16ClF3N4O3. The van der Waals surface area contributed by atoms with Crippen molar-refractivity contribution in [2.45, 2.75) is 12.7 Å². The van der Waals surface area contributed by atoms with Crippen molar-refractivity contribution >= 4 is 29.1 Å². The van der Waals surface area contributed by atoms with E-state index < -0.39 is 30.2 Å². The largest absolute Gasteiger partial charge is 0.495 e. The Hall–Kier alpha value is -2.75. The van der Waals surface area contributed by atoms with Crippen molar-refractivity contribution in [2.75, 3.05) is 26.0 Å². The third-order valence-corrected chi connectivity index (χ3v) is 3.71. The number of hydrogen-bond donors (Lipinski definition) is 1. The van der Waals surface area contributed by atoms with Gasteiger partial charge in [-0.05, 0) is 24.3 Å². The average molecular weight is 405 g/mol. The summed E-state index contributed by atoms with van der Waals surface area (Å²) >= 11 is 5.88. The van der Waals surface area contributed by atoms with E-state index in [2.05, 4.69) is 10.4 Å². The number of nitrogens with one attached hydrogen (secondary N) is 1. The highest BCUT2D eigenvalue weighted by Gasteiger charge is 2.33. The summed E-state index contributed by atoms with van der Waals surface area (Å²) in [5.74, 6) is -0.721. The topological polar surface area (TPSA) is 76.5 Å². The minimum Gasteiger partial charge on any atom is -0.495 e. The van der Waals surface area contributed by atoms with E-state index in [1.54, 1.807) is 12.1 Å². The quantitative estimate of drug-likeness (QED) is 0.803. The first-order valence-corrected chi connectivity index (χ1v) is 7.96. The number of halogens is 4. The van der Waals surface area contributed by atoms with Gasteiger partial charge in [-0.25, -0.2) is 0 Å². The van der Waals surface area contributed by atoms with Gasteiger partial charge in [-0.2, -0.15) is 18.3 Å². The summed E-state index contributed by atoms with van der Waals surface area (Å²) in [6, 6.07) is 5.42. The lowest BCUT2D eigenvalue weighted by Gasteiger charge is -2.17. The first-order chi connectivity index (χ1) is 12.6. The van der Waals surface area contributed by atoms with Crippen LogP contribution in [0.25, 0.3) is 0 Å². The molecule has 27 heavy (non-hydrogen) atoms. The fourth-order valence-corrected chi connectivity index (χ4v) is 2.30. The highest BCUT2D eigenvalue weighted by atomic mass is 35.5. The van der Waals surface area contributed by atoms with Gasteiger partial charge >= 0.3 is 6.18 Å². The summed E-state index contributed by atoms with van der Waals surface area (Å²) < 4.78 is 43.5. The monoisotopic (exact) mass is 404 g/mol. The highest BCUT2D eigenvalue weighted by Crippen LogP contribution is 2.28. The normalized spacial score (nSPS) is 11.2. The number of amides is 2. The molecule has 1 N–H and O–H groups in total. The van der Waals surface area contributed by atoms with Crippen LogP contribution in [0.2, 0.25) is 5.02 Å². The van der Waals surface area contributed by atoms with Crippen molar-refractivity contribution in [3.05, 3.63) is 41.2 Å². The van der Waals surface area contributed by atoms with E-state index in [4.69, 9.17) is 16.3 Å². The molecule has 1 aromatic heterocycles. The molecule has 0 aliphatic heterocycles. The fraction of sp³-hybridized carbons (Fsp3) is 0.312. The van der Waals surface area contributed by atoms with E-state index in [1.165, 1.54) is 20.2 Å². The molecule has 0 bridgehead atoms. The van der Waals surface area contributed by atoms with E-state index >= 15 is 0 Å². The van der Waals surface area contributed by atoms with Crippen molar-refractivity contribution in [3.8, 4) is 5.75 Å². The molecule has 0 saturated heterocycles. The van der Waals surface area contributed by atoms with Crippen molar-refractivity contribution < 1.29 is 27.5 Å². The lowest BCUT2D eigenvalue weighted by atomic mass is 10.3. The Morgan fingerprint density at radius 1 is 1.33 bits per heavy atom. The maximum Gasteiger partial charge on any atom is 0.435 e.